The van der Waals surface area contributed by atoms with Gasteiger partial charge in [0, 0.05) is 18.0 Å². The maximum absolute atomic E-state index is 5.59. The number of hydrazine groups is 1. The molecular weight excluding hydrogens is 159 g/mol. The summed E-state index contributed by atoms with van der Waals surface area (Å²) in [7, 11) is 0. The second-order valence-corrected chi connectivity index (χ2v) is 2.56. The van der Waals surface area contributed by atoms with Crippen LogP contribution in [0.3, 0.4) is 0 Å². The molecule has 0 aromatic carbocycles. The number of rotatable bonds is 0. The van der Waals surface area contributed by atoms with Crippen LogP contribution < -0.4 is 5.43 Å². The summed E-state index contributed by atoms with van der Waals surface area (Å²) < 4.78 is 1.29. The van der Waals surface area contributed by atoms with E-state index in [2.05, 4.69) is 5.43 Å². The van der Waals surface area contributed by atoms with Gasteiger partial charge in [-0.25, -0.2) is 4.53 Å². The van der Waals surface area contributed by atoms with Crippen LogP contribution in [0.25, 0.3) is 0 Å². The van der Waals surface area contributed by atoms with E-state index in [0.717, 1.165) is 5.57 Å². The van der Waals surface area contributed by atoms with E-state index in [1.54, 1.807) is 12.3 Å². The smallest absolute Gasteiger partial charge is 0.122 e. The molecule has 50 valence electrons. The summed E-state index contributed by atoms with van der Waals surface area (Å²) in [5.74, 6) is 0. The molecule has 0 fully saturated rings. The largest absolute Gasteiger partial charge is 0.273 e. The van der Waals surface area contributed by atoms with E-state index >= 15 is 0 Å². The molecule has 1 N–H and O–H groups in total. The van der Waals surface area contributed by atoms with Gasteiger partial charge < -0.3 is 0 Å². The van der Waals surface area contributed by atoms with Gasteiger partial charge in [0.25, 0.3) is 0 Å². The normalized spacial score (nSPS) is 18.3. The highest BCUT2D eigenvalue weighted by molar-refractivity contribution is 6.29. The van der Waals surface area contributed by atoms with Gasteiger partial charge in [-0.15, -0.1) is 0 Å². The molecule has 0 bridgehead atoms. The molecule has 0 amide bonds. The molecule has 0 aromatic heterocycles. The number of nitrogens with one attached hydrogen (secondary N) is 1. The molecule has 0 spiro atoms. The van der Waals surface area contributed by atoms with E-state index in [0.29, 0.717) is 5.16 Å². The van der Waals surface area contributed by atoms with Crippen molar-refractivity contribution in [3.05, 3.63) is 23.0 Å². The molecule has 0 radical (unpaired) electrons. The molecule has 1 rings (SSSR count). The first kappa shape index (κ1) is 6.78. The third-order valence-electron chi connectivity index (χ3n) is 0.885. The third-order valence-corrected chi connectivity index (χ3v) is 1.26. The molecule has 4 heteroatoms. The number of hydrogen-bond acceptors (Lipinski definition) is 2. The second-order valence-electron chi connectivity index (χ2n) is 1.79. The van der Waals surface area contributed by atoms with Crippen LogP contribution >= 0.6 is 23.4 Å². The minimum Gasteiger partial charge on any atom is -0.273 e. The molecule has 0 aliphatic carbocycles. The molecule has 0 atom stereocenters. The maximum Gasteiger partial charge on any atom is 0.122 e. The lowest BCUT2D eigenvalue weighted by Gasteiger charge is -2.17. The molecular formula is C5H6Cl2N2. The molecule has 1 heterocycles. The quantitative estimate of drug-likeness (QED) is 0.435. The summed E-state index contributed by atoms with van der Waals surface area (Å²) in [5.41, 5.74) is 3.68. The molecule has 2 nitrogen and oxygen atoms in total. The summed E-state index contributed by atoms with van der Waals surface area (Å²) in [4.78, 5) is 0. The van der Waals surface area contributed by atoms with Crippen LogP contribution in [-0.2, 0) is 0 Å². The summed E-state index contributed by atoms with van der Waals surface area (Å²) >= 11 is 11.1. The summed E-state index contributed by atoms with van der Waals surface area (Å²) in [6.07, 6.45) is 3.52. The van der Waals surface area contributed by atoms with Crippen molar-refractivity contribution in [1.29, 1.82) is 0 Å². The number of allylic oxidation sites excluding steroid dienone is 2. The first-order valence-corrected chi connectivity index (χ1v) is 3.17. The second kappa shape index (κ2) is 2.50. The Balaban J connectivity index is 2.74. The Morgan fingerprint density at radius 2 is 2.33 bits per heavy atom. The third kappa shape index (κ3) is 1.80. The lowest BCUT2D eigenvalue weighted by atomic mass is 10.3. The van der Waals surface area contributed by atoms with E-state index in [1.807, 2.05) is 6.92 Å². The van der Waals surface area contributed by atoms with Gasteiger partial charge in [0.1, 0.15) is 5.16 Å². The first-order chi connectivity index (χ1) is 4.18. The average molecular weight is 165 g/mol. The zero-order chi connectivity index (χ0) is 6.85. The van der Waals surface area contributed by atoms with Crippen LogP contribution in [-0.4, -0.2) is 4.53 Å². The van der Waals surface area contributed by atoms with E-state index in [9.17, 15) is 0 Å². The first-order valence-electron chi connectivity index (χ1n) is 2.46. The Morgan fingerprint density at radius 1 is 1.67 bits per heavy atom. The van der Waals surface area contributed by atoms with Crippen molar-refractivity contribution in [2.75, 3.05) is 0 Å². The van der Waals surface area contributed by atoms with Gasteiger partial charge in [-0.2, -0.15) is 0 Å². The highest BCUT2D eigenvalue weighted by Gasteiger charge is 2.02. The topological polar surface area (TPSA) is 15.3 Å². The van der Waals surface area contributed by atoms with Gasteiger partial charge in [-0.05, 0) is 18.6 Å². The van der Waals surface area contributed by atoms with Crippen molar-refractivity contribution in [1.82, 2.24) is 9.95 Å². The minimum atomic E-state index is 0.532. The lowest BCUT2D eigenvalue weighted by molar-refractivity contribution is 0.503. The Hall–Kier alpha value is -0.340. The number of halogens is 2. The Morgan fingerprint density at radius 3 is 2.78 bits per heavy atom. The van der Waals surface area contributed by atoms with Crippen LogP contribution in [0.1, 0.15) is 6.92 Å². The predicted molar refractivity (Wildman–Crippen MR) is 38.5 cm³/mol. The molecule has 0 saturated carbocycles. The Labute approximate surface area is 63.8 Å². The monoisotopic (exact) mass is 164 g/mol. The van der Waals surface area contributed by atoms with Crippen LogP contribution in [0.2, 0.25) is 0 Å². The van der Waals surface area contributed by atoms with Crippen LogP contribution in [0.5, 0.6) is 0 Å². The van der Waals surface area contributed by atoms with Crippen LogP contribution in [0, 0.1) is 0 Å². The SMILES string of the molecule is CC1=CN(Cl)NC(Cl)=C1. The van der Waals surface area contributed by atoms with Crippen molar-refractivity contribution in [3.63, 3.8) is 0 Å². The van der Waals surface area contributed by atoms with E-state index < -0.39 is 0 Å². The van der Waals surface area contributed by atoms with Crippen molar-refractivity contribution in [2.24, 2.45) is 0 Å². The zero-order valence-corrected chi connectivity index (χ0v) is 6.37. The van der Waals surface area contributed by atoms with Gasteiger partial charge in [0.15, 0.2) is 0 Å². The van der Waals surface area contributed by atoms with Crippen molar-refractivity contribution < 1.29 is 0 Å². The Kier molecular flexibility index (Phi) is 1.88. The number of hydrogen-bond donors (Lipinski definition) is 1. The number of nitrogens with zero attached hydrogens (tertiary/aromatic N) is 1. The van der Waals surface area contributed by atoms with Gasteiger partial charge in [0.05, 0.1) is 0 Å². The summed E-state index contributed by atoms with van der Waals surface area (Å²) in [6.45, 7) is 1.92. The van der Waals surface area contributed by atoms with E-state index in [4.69, 9.17) is 23.4 Å². The minimum absolute atomic E-state index is 0.532. The molecule has 0 unspecified atom stereocenters. The highest BCUT2D eigenvalue weighted by Crippen LogP contribution is 2.12. The van der Waals surface area contributed by atoms with Gasteiger partial charge in [-0.1, -0.05) is 11.6 Å². The summed E-state index contributed by atoms with van der Waals surface area (Å²) in [6, 6.07) is 0. The van der Waals surface area contributed by atoms with Crippen LogP contribution in [0.15, 0.2) is 23.0 Å². The van der Waals surface area contributed by atoms with Crippen molar-refractivity contribution in [2.45, 2.75) is 6.92 Å². The fourth-order valence-corrected chi connectivity index (χ4v) is 1.13. The molecule has 1 aliphatic heterocycles. The molecule has 1 aliphatic rings. The van der Waals surface area contributed by atoms with Crippen molar-refractivity contribution >= 4 is 23.4 Å². The predicted octanol–water partition coefficient (Wildman–Crippen LogP) is 1.94. The van der Waals surface area contributed by atoms with E-state index in [1.165, 1.54) is 4.53 Å². The fourth-order valence-electron chi connectivity index (χ4n) is 0.583. The van der Waals surface area contributed by atoms with Crippen molar-refractivity contribution in [3.8, 4) is 0 Å². The Bertz CT molecular complexity index is 174. The fraction of sp³-hybridized carbons (Fsp3) is 0.200. The molecule has 9 heavy (non-hydrogen) atoms. The molecule has 0 aromatic rings. The summed E-state index contributed by atoms with van der Waals surface area (Å²) in [5, 5.41) is 0.532. The van der Waals surface area contributed by atoms with Gasteiger partial charge in [0.2, 0.25) is 0 Å². The lowest BCUT2D eigenvalue weighted by Crippen LogP contribution is -2.24. The van der Waals surface area contributed by atoms with Gasteiger partial charge >= 0.3 is 0 Å². The highest BCUT2D eigenvalue weighted by atomic mass is 35.5. The average Bonchev–Trinajstić information content (AvgIpc) is 1.59. The molecule has 0 saturated heterocycles. The standard InChI is InChI=1S/C5H6Cl2N2/c1-4-2-5(6)8-9(7)3-4/h2-3,8H,1H3. The van der Waals surface area contributed by atoms with Crippen LogP contribution in [0.4, 0.5) is 0 Å². The van der Waals surface area contributed by atoms with E-state index in [-0.39, 0.29) is 0 Å². The van der Waals surface area contributed by atoms with Gasteiger partial charge in [-0.3, -0.25) is 5.43 Å². The maximum atomic E-state index is 5.59. The zero-order valence-electron chi connectivity index (χ0n) is 4.86.